The molecule has 0 bridgehead atoms. The highest BCUT2D eigenvalue weighted by atomic mass is 32.2. The number of nitrogens with one attached hydrogen (secondary N) is 1. The van der Waals surface area contributed by atoms with Gasteiger partial charge in [0.1, 0.15) is 5.75 Å². The molecule has 6 nitrogen and oxygen atoms in total. The molecule has 0 aliphatic carbocycles. The smallest absolute Gasteiger partial charge is 0.264 e. The minimum Gasteiger partial charge on any atom is -0.494 e. The molecular formula is C15H24N2O4S. The van der Waals surface area contributed by atoms with E-state index < -0.39 is 15.9 Å². The molecule has 0 unspecified atom stereocenters. The van der Waals surface area contributed by atoms with Gasteiger partial charge in [0.25, 0.3) is 10.0 Å². The van der Waals surface area contributed by atoms with E-state index in [1.54, 1.807) is 12.1 Å². The summed E-state index contributed by atoms with van der Waals surface area (Å²) >= 11 is 0. The van der Waals surface area contributed by atoms with Gasteiger partial charge < -0.3 is 10.5 Å². The number of ether oxygens (including phenoxy) is 1. The predicted molar refractivity (Wildman–Crippen MR) is 85.1 cm³/mol. The van der Waals surface area contributed by atoms with Crippen molar-refractivity contribution < 1.29 is 17.9 Å². The molecule has 0 aliphatic heterocycles. The van der Waals surface area contributed by atoms with Gasteiger partial charge in [0, 0.05) is 6.42 Å². The molecule has 0 saturated heterocycles. The first-order valence-electron chi connectivity index (χ1n) is 7.48. The first-order chi connectivity index (χ1) is 10.5. The molecule has 0 fully saturated rings. The maximum absolute atomic E-state index is 12.0. The first kappa shape index (κ1) is 18.4. The molecule has 0 aromatic heterocycles. The maximum atomic E-state index is 12.0. The Morgan fingerprint density at radius 3 is 2.45 bits per heavy atom. The van der Waals surface area contributed by atoms with Gasteiger partial charge >= 0.3 is 0 Å². The third-order valence-electron chi connectivity index (χ3n) is 3.01. The number of sulfonamides is 1. The molecule has 0 heterocycles. The monoisotopic (exact) mass is 328 g/mol. The summed E-state index contributed by atoms with van der Waals surface area (Å²) in [6.45, 7) is 3.06. The van der Waals surface area contributed by atoms with Crippen LogP contribution in [0.2, 0.25) is 0 Å². The lowest BCUT2D eigenvalue weighted by molar-refractivity contribution is -0.119. The zero-order chi connectivity index (χ0) is 16.4. The van der Waals surface area contributed by atoms with Gasteiger partial charge in [-0.05, 0) is 43.7 Å². The SMILES string of the molecule is CCCCCOc1ccc(S(=O)(=O)NC(=O)CCCN)cc1. The molecule has 1 amide bonds. The molecule has 3 N–H and O–H groups in total. The number of carbonyl (C=O) groups excluding carboxylic acids is 1. The fourth-order valence-corrected chi connectivity index (χ4v) is 2.79. The van der Waals surface area contributed by atoms with E-state index in [0.717, 1.165) is 19.3 Å². The van der Waals surface area contributed by atoms with Crippen molar-refractivity contribution in [3.63, 3.8) is 0 Å². The van der Waals surface area contributed by atoms with Crippen LogP contribution in [0.15, 0.2) is 29.2 Å². The van der Waals surface area contributed by atoms with E-state index in [2.05, 4.69) is 6.92 Å². The quantitative estimate of drug-likeness (QED) is 0.638. The summed E-state index contributed by atoms with van der Waals surface area (Å²) in [4.78, 5) is 11.5. The summed E-state index contributed by atoms with van der Waals surface area (Å²) in [6, 6.07) is 6.02. The summed E-state index contributed by atoms with van der Waals surface area (Å²) in [5, 5.41) is 0. The number of unbranched alkanes of at least 4 members (excludes halogenated alkanes) is 2. The summed E-state index contributed by atoms with van der Waals surface area (Å²) in [6.07, 6.45) is 3.72. The second-order valence-corrected chi connectivity index (χ2v) is 6.63. The molecule has 0 aliphatic rings. The molecule has 7 heteroatoms. The van der Waals surface area contributed by atoms with Crippen LogP contribution in [0, 0.1) is 0 Å². The lowest BCUT2D eigenvalue weighted by atomic mass is 10.3. The van der Waals surface area contributed by atoms with Crippen LogP contribution in [0.3, 0.4) is 0 Å². The van der Waals surface area contributed by atoms with E-state index >= 15 is 0 Å². The molecule has 1 rings (SSSR count). The lowest BCUT2D eigenvalue weighted by Gasteiger charge is -2.09. The van der Waals surface area contributed by atoms with Crippen LogP contribution in [0.4, 0.5) is 0 Å². The van der Waals surface area contributed by atoms with Gasteiger partial charge in [-0.1, -0.05) is 19.8 Å². The van der Waals surface area contributed by atoms with Crippen LogP contribution in [-0.4, -0.2) is 27.5 Å². The van der Waals surface area contributed by atoms with Gasteiger partial charge in [-0.3, -0.25) is 4.79 Å². The molecular weight excluding hydrogens is 304 g/mol. The van der Waals surface area contributed by atoms with E-state index in [4.69, 9.17) is 10.5 Å². The minimum atomic E-state index is -3.83. The lowest BCUT2D eigenvalue weighted by Crippen LogP contribution is -2.30. The van der Waals surface area contributed by atoms with E-state index in [0.29, 0.717) is 25.3 Å². The average molecular weight is 328 g/mol. The van der Waals surface area contributed by atoms with Crippen molar-refractivity contribution >= 4 is 15.9 Å². The van der Waals surface area contributed by atoms with Gasteiger partial charge in [-0.15, -0.1) is 0 Å². The Kier molecular flexibility index (Phi) is 7.90. The number of rotatable bonds is 10. The van der Waals surface area contributed by atoms with Gasteiger partial charge in [0.15, 0.2) is 0 Å². The Morgan fingerprint density at radius 2 is 1.86 bits per heavy atom. The standard InChI is InChI=1S/C15H24N2O4S/c1-2-3-4-12-21-13-7-9-14(10-8-13)22(19,20)17-15(18)6-5-11-16/h7-10H,2-6,11-12,16H2,1H3,(H,17,18). The topological polar surface area (TPSA) is 98.5 Å². The van der Waals surface area contributed by atoms with Crippen molar-refractivity contribution in [1.29, 1.82) is 0 Å². The zero-order valence-electron chi connectivity index (χ0n) is 12.9. The van der Waals surface area contributed by atoms with Crippen molar-refractivity contribution in [2.75, 3.05) is 13.2 Å². The summed E-state index contributed by atoms with van der Waals surface area (Å²) < 4.78 is 31.6. The molecule has 22 heavy (non-hydrogen) atoms. The first-order valence-corrected chi connectivity index (χ1v) is 8.96. The molecule has 124 valence electrons. The minimum absolute atomic E-state index is 0.0366. The second-order valence-electron chi connectivity index (χ2n) is 4.95. The molecule has 1 aromatic rings. The molecule has 0 atom stereocenters. The Balaban J connectivity index is 2.58. The van der Waals surface area contributed by atoms with E-state index in [-0.39, 0.29) is 11.3 Å². The Bertz CT molecular complexity index is 555. The molecule has 0 radical (unpaired) electrons. The van der Waals surface area contributed by atoms with Gasteiger partial charge in [0.05, 0.1) is 11.5 Å². The van der Waals surface area contributed by atoms with Crippen LogP contribution >= 0.6 is 0 Å². The van der Waals surface area contributed by atoms with Crippen LogP contribution in [-0.2, 0) is 14.8 Å². The van der Waals surface area contributed by atoms with E-state index in [1.165, 1.54) is 12.1 Å². The highest BCUT2D eigenvalue weighted by molar-refractivity contribution is 7.90. The fraction of sp³-hybridized carbons (Fsp3) is 0.533. The third kappa shape index (κ3) is 6.44. The van der Waals surface area contributed by atoms with Gasteiger partial charge in [0.2, 0.25) is 5.91 Å². The van der Waals surface area contributed by atoms with E-state index in [9.17, 15) is 13.2 Å². The normalized spacial score (nSPS) is 11.2. The van der Waals surface area contributed by atoms with Crippen LogP contribution in [0.1, 0.15) is 39.0 Å². The number of nitrogens with two attached hydrogens (primary N) is 1. The Morgan fingerprint density at radius 1 is 1.18 bits per heavy atom. The van der Waals surface area contributed by atoms with Crippen LogP contribution < -0.4 is 15.2 Å². The maximum Gasteiger partial charge on any atom is 0.264 e. The Labute approximate surface area is 132 Å². The highest BCUT2D eigenvalue weighted by Gasteiger charge is 2.17. The summed E-state index contributed by atoms with van der Waals surface area (Å²) in [5.74, 6) is 0.0647. The summed E-state index contributed by atoms with van der Waals surface area (Å²) in [5.41, 5.74) is 5.28. The number of amides is 1. The number of carbonyl (C=O) groups is 1. The van der Waals surface area contributed by atoms with Gasteiger partial charge in [-0.2, -0.15) is 0 Å². The molecule has 0 spiro atoms. The number of benzene rings is 1. The van der Waals surface area contributed by atoms with E-state index in [1.807, 2.05) is 4.72 Å². The Hall–Kier alpha value is -1.60. The van der Waals surface area contributed by atoms with Crippen molar-refractivity contribution in [1.82, 2.24) is 4.72 Å². The molecule has 1 aromatic carbocycles. The van der Waals surface area contributed by atoms with Gasteiger partial charge in [-0.25, -0.2) is 13.1 Å². The zero-order valence-corrected chi connectivity index (χ0v) is 13.7. The van der Waals surface area contributed by atoms with Crippen molar-refractivity contribution in [2.24, 2.45) is 5.73 Å². The summed E-state index contributed by atoms with van der Waals surface area (Å²) in [7, 11) is -3.83. The van der Waals surface area contributed by atoms with Crippen molar-refractivity contribution in [2.45, 2.75) is 43.9 Å². The molecule has 0 saturated carbocycles. The number of hydrogen-bond acceptors (Lipinski definition) is 5. The largest absolute Gasteiger partial charge is 0.494 e. The number of hydrogen-bond donors (Lipinski definition) is 2. The predicted octanol–water partition coefficient (Wildman–Crippen LogP) is 1.80. The fourth-order valence-electron chi connectivity index (χ4n) is 1.78. The van der Waals surface area contributed by atoms with Crippen LogP contribution in [0.5, 0.6) is 5.75 Å². The second kappa shape index (κ2) is 9.42. The third-order valence-corrected chi connectivity index (χ3v) is 4.40. The van der Waals surface area contributed by atoms with Crippen LogP contribution in [0.25, 0.3) is 0 Å². The highest BCUT2D eigenvalue weighted by Crippen LogP contribution is 2.16. The van der Waals surface area contributed by atoms with Crippen molar-refractivity contribution in [3.05, 3.63) is 24.3 Å². The van der Waals surface area contributed by atoms with Crippen molar-refractivity contribution in [3.8, 4) is 5.75 Å². The average Bonchev–Trinajstić information content (AvgIpc) is 2.49.